The van der Waals surface area contributed by atoms with E-state index in [4.69, 9.17) is 0 Å². The highest BCUT2D eigenvalue weighted by Gasteiger charge is 2.31. The van der Waals surface area contributed by atoms with Gasteiger partial charge in [-0.3, -0.25) is 4.79 Å². The molecule has 1 aliphatic rings. The van der Waals surface area contributed by atoms with Gasteiger partial charge in [0.15, 0.2) is 9.84 Å². The molecule has 1 atom stereocenters. The summed E-state index contributed by atoms with van der Waals surface area (Å²) in [6.07, 6.45) is 1.92. The smallest absolute Gasteiger partial charge is 0.267 e. The molecule has 146 valence electrons. The van der Waals surface area contributed by atoms with Gasteiger partial charge in [-0.1, -0.05) is 24.3 Å². The van der Waals surface area contributed by atoms with Crippen molar-refractivity contribution in [3.05, 3.63) is 48.2 Å². The largest absolute Gasteiger partial charge is 0.507 e. The van der Waals surface area contributed by atoms with Crippen LogP contribution in [-0.2, 0) is 14.6 Å². The topological polar surface area (TPSA) is 110 Å². The number of phenols is 1. The second-order valence-corrected chi connectivity index (χ2v) is 8.90. The third-order valence-electron chi connectivity index (χ3n) is 4.85. The SMILES string of the molecule is CCN(/C=C(/C#N)C(=O)Nc1cccc2c(O)cccc12)C1CCS(=O)(=O)C1. The molecule has 1 aliphatic heterocycles. The molecule has 0 bridgehead atoms. The molecule has 2 aromatic carbocycles. The van der Waals surface area contributed by atoms with Crippen LogP contribution in [0.4, 0.5) is 5.69 Å². The van der Waals surface area contributed by atoms with E-state index in [1.54, 1.807) is 41.3 Å². The van der Waals surface area contributed by atoms with Crippen LogP contribution in [0.3, 0.4) is 0 Å². The molecular formula is C20H21N3O4S. The number of carbonyl (C=O) groups is 1. The lowest BCUT2D eigenvalue weighted by atomic mass is 10.1. The average molecular weight is 399 g/mol. The predicted octanol–water partition coefficient (Wildman–Crippen LogP) is 2.40. The Labute approximate surface area is 163 Å². The van der Waals surface area contributed by atoms with Gasteiger partial charge in [0.25, 0.3) is 5.91 Å². The number of carbonyl (C=O) groups excluding carboxylic acids is 1. The molecule has 8 heteroatoms. The van der Waals surface area contributed by atoms with Crippen LogP contribution in [0.2, 0.25) is 0 Å². The third-order valence-corrected chi connectivity index (χ3v) is 6.60. The summed E-state index contributed by atoms with van der Waals surface area (Å²) < 4.78 is 23.5. The Morgan fingerprint density at radius 2 is 2.04 bits per heavy atom. The molecule has 0 aromatic heterocycles. The molecule has 2 aromatic rings. The number of benzene rings is 2. The lowest BCUT2D eigenvalue weighted by molar-refractivity contribution is -0.112. The summed E-state index contributed by atoms with van der Waals surface area (Å²) >= 11 is 0. The molecule has 28 heavy (non-hydrogen) atoms. The van der Waals surface area contributed by atoms with Crippen LogP contribution < -0.4 is 5.32 Å². The molecule has 1 heterocycles. The summed E-state index contributed by atoms with van der Waals surface area (Å²) in [6, 6.07) is 11.8. The number of rotatable bonds is 5. The molecular weight excluding hydrogens is 378 g/mol. The molecule has 2 N–H and O–H groups in total. The van der Waals surface area contributed by atoms with Gasteiger partial charge < -0.3 is 15.3 Å². The Kier molecular flexibility index (Phi) is 5.56. The van der Waals surface area contributed by atoms with Gasteiger partial charge in [-0.2, -0.15) is 5.26 Å². The maximum absolute atomic E-state index is 12.7. The normalized spacial score (nSPS) is 18.6. The van der Waals surface area contributed by atoms with E-state index in [0.29, 0.717) is 29.4 Å². The van der Waals surface area contributed by atoms with Gasteiger partial charge in [-0.25, -0.2) is 8.42 Å². The number of nitriles is 1. The maximum atomic E-state index is 12.7. The quantitative estimate of drug-likeness (QED) is 0.590. The highest BCUT2D eigenvalue weighted by Crippen LogP contribution is 2.30. The summed E-state index contributed by atoms with van der Waals surface area (Å²) in [7, 11) is -3.07. The van der Waals surface area contributed by atoms with Crippen molar-refractivity contribution < 1.29 is 18.3 Å². The molecule has 0 spiro atoms. The van der Waals surface area contributed by atoms with E-state index in [0.717, 1.165) is 0 Å². The van der Waals surface area contributed by atoms with Gasteiger partial charge in [0, 0.05) is 35.2 Å². The molecule has 1 amide bonds. The van der Waals surface area contributed by atoms with Crippen molar-refractivity contribution in [3.63, 3.8) is 0 Å². The minimum atomic E-state index is -3.07. The number of fused-ring (bicyclic) bond motifs is 1. The Morgan fingerprint density at radius 3 is 2.68 bits per heavy atom. The second-order valence-electron chi connectivity index (χ2n) is 6.67. The Morgan fingerprint density at radius 1 is 1.32 bits per heavy atom. The van der Waals surface area contributed by atoms with Crippen molar-refractivity contribution in [2.75, 3.05) is 23.4 Å². The van der Waals surface area contributed by atoms with E-state index in [-0.39, 0.29) is 28.9 Å². The van der Waals surface area contributed by atoms with Crippen LogP contribution in [0.25, 0.3) is 10.8 Å². The zero-order valence-corrected chi connectivity index (χ0v) is 16.2. The fraction of sp³-hybridized carbons (Fsp3) is 0.300. The Bertz CT molecular complexity index is 1090. The van der Waals surface area contributed by atoms with Crippen molar-refractivity contribution >= 4 is 32.2 Å². The average Bonchev–Trinajstić information content (AvgIpc) is 3.03. The lowest BCUT2D eigenvalue weighted by Crippen LogP contribution is -2.32. The van der Waals surface area contributed by atoms with Gasteiger partial charge in [0.05, 0.1) is 11.5 Å². The van der Waals surface area contributed by atoms with Gasteiger partial charge in [0.2, 0.25) is 0 Å². The lowest BCUT2D eigenvalue weighted by Gasteiger charge is -2.25. The zero-order chi connectivity index (χ0) is 20.3. The monoisotopic (exact) mass is 399 g/mol. The first-order valence-electron chi connectivity index (χ1n) is 8.94. The number of amides is 1. The number of hydrogen-bond donors (Lipinski definition) is 2. The molecule has 0 saturated carbocycles. The molecule has 3 rings (SSSR count). The van der Waals surface area contributed by atoms with Crippen molar-refractivity contribution in [1.29, 1.82) is 5.26 Å². The number of hydrogen-bond acceptors (Lipinski definition) is 6. The van der Waals surface area contributed by atoms with E-state index in [1.165, 1.54) is 6.20 Å². The first-order chi connectivity index (χ1) is 13.3. The summed E-state index contributed by atoms with van der Waals surface area (Å²) in [5.41, 5.74) is 0.370. The van der Waals surface area contributed by atoms with E-state index in [9.17, 15) is 23.6 Å². The standard InChI is InChI=1S/C20H21N3O4S/c1-2-23(15-9-10-28(26,27)13-15)12-14(11-21)20(25)22-18-7-3-6-17-16(18)5-4-8-19(17)24/h3-8,12,15,24H,2,9-10,13H2,1H3,(H,22,25)/b14-12-. The highest BCUT2D eigenvalue weighted by atomic mass is 32.2. The van der Waals surface area contributed by atoms with Crippen LogP contribution in [0.5, 0.6) is 5.75 Å². The van der Waals surface area contributed by atoms with Crippen LogP contribution in [-0.4, -0.2) is 48.4 Å². The van der Waals surface area contributed by atoms with Gasteiger partial charge >= 0.3 is 0 Å². The molecule has 0 radical (unpaired) electrons. The van der Waals surface area contributed by atoms with Crippen molar-refractivity contribution in [3.8, 4) is 11.8 Å². The predicted molar refractivity (Wildman–Crippen MR) is 107 cm³/mol. The zero-order valence-electron chi connectivity index (χ0n) is 15.4. The Hall–Kier alpha value is -3.05. The first kappa shape index (κ1) is 19.7. The molecule has 1 fully saturated rings. The van der Waals surface area contributed by atoms with E-state index >= 15 is 0 Å². The fourth-order valence-electron chi connectivity index (χ4n) is 3.39. The van der Waals surface area contributed by atoms with Gasteiger partial charge in [-0.05, 0) is 25.5 Å². The first-order valence-corrected chi connectivity index (χ1v) is 10.8. The summed E-state index contributed by atoms with van der Waals surface area (Å²) in [6.45, 7) is 2.34. The second kappa shape index (κ2) is 7.90. The molecule has 1 saturated heterocycles. The maximum Gasteiger partial charge on any atom is 0.267 e. The van der Waals surface area contributed by atoms with Crippen molar-refractivity contribution in [2.24, 2.45) is 0 Å². The third kappa shape index (κ3) is 4.10. The molecule has 7 nitrogen and oxygen atoms in total. The van der Waals surface area contributed by atoms with Crippen molar-refractivity contribution in [2.45, 2.75) is 19.4 Å². The summed E-state index contributed by atoms with van der Waals surface area (Å²) in [5.74, 6) is -0.336. The number of aromatic hydroxyl groups is 1. The molecule has 0 aliphatic carbocycles. The minimum Gasteiger partial charge on any atom is -0.507 e. The van der Waals surface area contributed by atoms with Crippen LogP contribution >= 0.6 is 0 Å². The van der Waals surface area contributed by atoms with Gasteiger partial charge in [-0.15, -0.1) is 0 Å². The summed E-state index contributed by atoms with van der Waals surface area (Å²) in [5, 5.41) is 23.4. The van der Waals surface area contributed by atoms with E-state index in [1.807, 2.05) is 13.0 Å². The fourth-order valence-corrected chi connectivity index (χ4v) is 5.13. The number of sulfone groups is 1. The minimum absolute atomic E-state index is 0.0280. The number of anilines is 1. The number of nitrogens with zero attached hydrogens (tertiary/aromatic N) is 2. The van der Waals surface area contributed by atoms with Crippen LogP contribution in [0, 0.1) is 11.3 Å². The van der Waals surface area contributed by atoms with Gasteiger partial charge in [0.1, 0.15) is 17.4 Å². The number of nitrogens with one attached hydrogen (secondary N) is 1. The molecule has 1 unspecified atom stereocenters. The van der Waals surface area contributed by atoms with Crippen LogP contribution in [0.1, 0.15) is 13.3 Å². The van der Waals surface area contributed by atoms with E-state index < -0.39 is 15.7 Å². The van der Waals surface area contributed by atoms with Crippen molar-refractivity contribution in [1.82, 2.24) is 4.90 Å². The Balaban J connectivity index is 1.85. The summed E-state index contributed by atoms with van der Waals surface area (Å²) in [4.78, 5) is 14.4. The van der Waals surface area contributed by atoms with Crippen LogP contribution in [0.15, 0.2) is 48.2 Å². The van der Waals surface area contributed by atoms with E-state index in [2.05, 4.69) is 5.32 Å². The highest BCUT2D eigenvalue weighted by molar-refractivity contribution is 7.91. The number of phenolic OH excluding ortho intramolecular Hbond substituents is 1.